The van der Waals surface area contributed by atoms with E-state index in [0.29, 0.717) is 0 Å². The Bertz CT molecular complexity index is 450. The van der Waals surface area contributed by atoms with Crippen molar-refractivity contribution in [2.75, 3.05) is 0 Å². The molecule has 2 fully saturated rings. The van der Waals surface area contributed by atoms with E-state index in [1.165, 1.54) is 76.2 Å². The zero-order valence-electron chi connectivity index (χ0n) is 16.1. The predicted octanol–water partition coefficient (Wildman–Crippen LogP) is 7.61. The highest BCUT2D eigenvalue weighted by molar-refractivity contribution is 5.23. The van der Waals surface area contributed by atoms with E-state index >= 15 is 0 Å². The van der Waals surface area contributed by atoms with Crippen molar-refractivity contribution < 1.29 is 0 Å². The van der Waals surface area contributed by atoms with E-state index in [-0.39, 0.29) is 0 Å². The third kappa shape index (κ3) is 5.39. The summed E-state index contributed by atoms with van der Waals surface area (Å²) in [7, 11) is 0. The summed E-state index contributed by atoms with van der Waals surface area (Å²) in [6.07, 6.45) is 17.3. The summed E-state index contributed by atoms with van der Waals surface area (Å²) in [6, 6.07) is 0. The molecule has 0 bridgehead atoms. The lowest BCUT2D eigenvalue weighted by Crippen LogP contribution is -2.11. The summed E-state index contributed by atoms with van der Waals surface area (Å²) in [5, 5.41) is 0. The van der Waals surface area contributed by atoms with Crippen molar-refractivity contribution in [3.05, 3.63) is 28.5 Å². The number of allylic oxidation sites excluding steroid dienone is 3. The van der Waals surface area contributed by atoms with Crippen LogP contribution in [0.15, 0.2) is 28.5 Å². The predicted molar refractivity (Wildman–Crippen MR) is 103 cm³/mol. The summed E-state index contributed by atoms with van der Waals surface area (Å²) < 4.78 is 0. The van der Waals surface area contributed by atoms with E-state index < -0.39 is 0 Å². The maximum atomic E-state index is 3.52. The molecule has 0 N–H and O–H groups in total. The fourth-order valence-corrected chi connectivity index (χ4v) is 4.77. The van der Waals surface area contributed by atoms with Crippen molar-refractivity contribution in [1.82, 2.24) is 0 Å². The van der Waals surface area contributed by atoms with Gasteiger partial charge >= 0.3 is 0 Å². The first-order valence-electron chi connectivity index (χ1n) is 10.3. The molecule has 2 aliphatic rings. The Balaban J connectivity index is 1.97. The molecule has 0 aromatic heterocycles. The highest BCUT2D eigenvalue weighted by atomic mass is 14.4. The molecule has 0 saturated heterocycles. The standard InChI is InChI=1S/C23H38/c1-5-10-18(3)11-9-12-20-15-16-22(17-20)23(19(4)6-2)21-13-7-8-14-21/h9,19-20,22H,5-8,10,12-17H2,1-4H3. The van der Waals surface area contributed by atoms with Gasteiger partial charge in [-0.15, -0.1) is 5.73 Å². The Morgan fingerprint density at radius 1 is 1.22 bits per heavy atom. The van der Waals surface area contributed by atoms with Crippen molar-refractivity contribution in [3.63, 3.8) is 0 Å². The van der Waals surface area contributed by atoms with Crippen LogP contribution in [0.2, 0.25) is 0 Å². The van der Waals surface area contributed by atoms with Crippen LogP contribution in [0.25, 0.3) is 0 Å². The van der Waals surface area contributed by atoms with Crippen molar-refractivity contribution >= 4 is 0 Å². The van der Waals surface area contributed by atoms with Crippen LogP contribution in [0.3, 0.4) is 0 Å². The van der Waals surface area contributed by atoms with Gasteiger partial charge in [-0.05, 0) is 101 Å². The molecular formula is C23H38. The average molecular weight is 315 g/mol. The van der Waals surface area contributed by atoms with Gasteiger partial charge in [-0.1, -0.05) is 38.3 Å². The van der Waals surface area contributed by atoms with Gasteiger partial charge in [0.05, 0.1) is 0 Å². The maximum absolute atomic E-state index is 3.52. The molecule has 3 unspecified atom stereocenters. The smallest absolute Gasteiger partial charge is 0.0195 e. The van der Waals surface area contributed by atoms with Crippen molar-refractivity contribution in [3.8, 4) is 0 Å². The summed E-state index contributed by atoms with van der Waals surface area (Å²) in [5.41, 5.74) is 8.71. The van der Waals surface area contributed by atoms with Crippen molar-refractivity contribution in [2.24, 2.45) is 17.8 Å². The fourth-order valence-electron chi connectivity index (χ4n) is 4.77. The molecule has 0 heterocycles. The molecule has 0 aromatic carbocycles. The second kappa shape index (κ2) is 9.53. The largest absolute Gasteiger partial charge is 0.126 e. The molecule has 3 atom stereocenters. The molecule has 23 heavy (non-hydrogen) atoms. The van der Waals surface area contributed by atoms with E-state index in [1.807, 2.05) is 11.1 Å². The first kappa shape index (κ1) is 18.6. The van der Waals surface area contributed by atoms with Gasteiger partial charge in [0.1, 0.15) is 0 Å². The lowest BCUT2D eigenvalue weighted by Gasteiger charge is -2.24. The molecule has 2 rings (SSSR count). The van der Waals surface area contributed by atoms with E-state index in [0.717, 1.165) is 17.8 Å². The molecule has 0 aromatic rings. The molecule has 0 spiro atoms. The van der Waals surface area contributed by atoms with Crippen LogP contribution in [0.1, 0.15) is 98.3 Å². The van der Waals surface area contributed by atoms with E-state index in [2.05, 4.69) is 39.5 Å². The van der Waals surface area contributed by atoms with Gasteiger partial charge in [0, 0.05) is 0 Å². The van der Waals surface area contributed by atoms with Gasteiger partial charge in [0.2, 0.25) is 0 Å². The van der Waals surface area contributed by atoms with Crippen molar-refractivity contribution in [1.29, 1.82) is 0 Å². The second-order valence-electron chi connectivity index (χ2n) is 8.07. The van der Waals surface area contributed by atoms with Crippen LogP contribution in [0.5, 0.6) is 0 Å². The minimum Gasteiger partial charge on any atom is -0.126 e. The van der Waals surface area contributed by atoms with E-state index in [9.17, 15) is 0 Å². The molecule has 130 valence electrons. The van der Waals surface area contributed by atoms with Crippen LogP contribution in [0.4, 0.5) is 0 Å². The lowest BCUT2D eigenvalue weighted by atomic mass is 9.81. The lowest BCUT2D eigenvalue weighted by molar-refractivity contribution is 0.482. The van der Waals surface area contributed by atoms with Crippen LogP contribution in [-0.4, -0.2) is 0 Å². The third-order valence-corrected chi connectivity index (χ3v) is 6.16. The second-order valence-corrected chi connectivity index (χ2v) is 8.07. The highest BCUT2D eigenvalue weighted by Crippen LogP contribution is 2.44. The maximum Gasteiger partial charge on any atom is -0.0195 e. The van der Waals surface area contributed by atoms with E-state index in [1.54, 1.807) is 0 Å². The van der Waals surface area contributed by atoms with Crippen LogP contribution in [-0.2, 0) is 0 Å². The molecule has 0 amide bonds. The first-order chi connectivity index (χ1) is 11.2. The van der Waals surface area contributed by atoms with Crippen molar-refractivity contribution in [2.45, 2.75) is 98.3 Å². The molecule has 0 nitrogen and oxygen atoms in total. The average Bonchev–Trinajstić information content (AvgIpc) is 3.20. The molecule has 2 aliphatic carbocycles. The van der Waals surface area contributed by atoms with Gasteiger partial charge in [0.25, 0.3) is 0 Å². The zero-order chi connectivity index (χ0) is 16.7. The number of rotatable bonds is 7. The summed E-state index contributed by atoms with van der Waals surface area (Å²) in [4.78, 5) is 0. The number of hydrogen-bond donors (Lipinski definition) is 0. The Morgan fingerprint density at radius 2 is 1.96 bits per heavy atom. The monoisotopic (exact) mass is 314 g/mol. The van der Waals surface area contributed by atoms with Gasteiger partial charge in [-0.25, -0.2) is 0 Å². The molecule has 0 aliphatic heterocycles. The summed E-state index contributed by atoms with van der Waals surface area (Å²) in [5.74, 6) is 2.62. The summed E-state index contributed by atoms with van der Waals surface area (Å²) in [6.45, 7) is 9.32. The van der Waals surface area contributed by atoms with Gasteiger partial charge in [0.15, 0.2) is 0 Å². The Labute approximate surface area is 145 Å². The Morgan fingerprint density at radius 3 is 2.61 bits per heavy atom. The first-order valence-corrected chi connectivity index (χ1v) is 10.3. The van der Waals surface area contributed by atoms with Gasteiger partial charge in [-0.3, -0.25) is 0 Å². The molecule has 2 saturated carbocycles. The Kier molecular flexibility index (Phi) is 7.71. The highest BCUT2D eigenvalue weighted by Gasteiger charge is 2.30. The van der Waals surface area contributed by atoms with Gasteiger partial charge < -0.3 is 0 Å². The molecule has 0 heteroatoms. The van der Waals surface area contributed by atoms with Crippen LogP contribution < -0.4 is 0 Å². The topological polar surface area (TPSA) is 0 Å². The summed E-state index contributed by atoms with van der Waals surface area (Å²) >= 11 is 0. The normalized spacial score (nSPS) is 25.3. The van der Waals surface area contributed by atoms with E-state index in [4.69, 9.17) is 0 Å². The SMILES string of the molecule is CCCC(C)=C=CCC1CCC(C(=C2CCCC2)C(C)CC)C1. The van der Waals surface area contributed by atoms with Crippen LogP contribution >= 0.6 is 0 Å². The minimum atomic E-state index is 0.814. The zero-order valence-corrected chi connectivity index (χ0v) is 16.1. The quantitative estimate of drug-likeness (QED) is 0.335. The third-order valence-electron chi connectivity index (χ3n) is 6.16. The minimum absolute atomic E-state index is 0.814. The van der Waals surface area contributed by atoms with Crippen LogP contribution in [0, 0.1) is 17.8 Å². The fraction of sp³-hybridized carbons (Fsp3) is 0.783. The molecular weight excluding hydrogens is 276 g/mol. The van der Waals surface area contributed by atoms with Gasteiger partial charge in [-0.2, -0.15) is 0 Å². The number of hydrogen-bond acceptors (Lipinski definition) is 0. The molecule has 0 radical (unpaired) electrons. The Hall–Kier alpha value is -0.740.